The van der Waals surface area contributed by atoms with Crippen LogP contribution in [0.2, 0.25) is 0 Å². The van der Waals surface area contributed by atoms with Crippen molar-refractivity contribution >= 4 is 17.8 Å². The Balaban J connectivity index is 1.56. The lowest BCUT2D eigenvalue weighted by molar-refractivity contribution is -0.135. The summed E-state index contributed by atoms with van der Waals surface area (Å²) in [6, 6.07) is 9.33. The summed E-state index contributed by atoms with van der Waals surface area (Å²) in [7, 11) is 0. The zero-order chi connectivity index (χ0) is 21.3. The lowest BCUT2D eigenvalue weighted by Crippen LogP contribution is -2.58. The van der Waals surface area contributed by atoms with E-state index in [1.165, 1.54) is 17.4 Å². The van der Waals surface area contributed by atoms with E-state index >= 15 is 0 Å². The molecule has 1 spiro atoms. The quantitative estimate of drug-likeness (QED) is 0.769. The highest BCUT2D eigenvalue weighted by Crippen LogP contribution is 2.38. The molecule has 0 bridgehead atoms. The highest BCUT2D eigenvalue weighted by atomic mass is 16.2. The Morgan fingerprint density at radius 1 is 1.17 bits per heavy atom. The summed E-state index contributed by atoms with van der Waals surface area (Å²) >= 11 is 0. The van der Waals surface area contributed by atoms with E-state index in [0.717, 1.165) is 5.56 Å². The number of amides is 4. The second kappa shape index (κ2) is 7.93. The van der Waals surface area contributed by atoms with Gasteiger partial charge < -0.3 is 14.8 Å². The second-order valence-corrected chi connectivity index (χ2v) is 8.45. The molecule has 2 aliphatic rings. The zero-order valence-electron chi connectivity index (χ0n) is 17.4. The molecule has 0 saturated carbocycles. The van der Waals surface area contributed by atoms with Crippen LogP contribution in [-0.4, -0.2) is 67.7 Å². The Labute approximate surface area is 175 Å². The minimum absolute atomic E-state index is 0.129. The van der Waals surface area contributed by atoms with Crippen LogP contribution in [-0.2, 0) is 11.3 Å². The van der Waals surface area contributed by atoms with Crippen molar-refractivity contribution in [3.63, 3.8) is 0 Å². The van der Waals surface area contributed by atoms with Gasteiger partial charge in [-0.3, -0.25) is 14.5 Å². The van der Waals surface area contributed by atoms with E-state index < -0.39 is 5.54 Å². The van der Waals surface area contributed by atoms with Crippen LogP contribution in [0.4, 0.5) is 4.79 Å². The fraction of sp³-hybridized carbons (Fsp3) is 0.455. The van der Waals surface area contributed by atoms with Crippen LogP contribution in [0, 0.1) is 5.92 Å². The normalized spacial score (nSPS) is 18.7. The molecule has 30 heavy (non-hydrogen) atoms. The van der Waals surface area contributed by atoms with Gasteiger partial charge in [-0.2, -0.15) is 0 Å². The van der Waals surface area contributed by atoms with Gasteiger partial charge in [0.25, 0.3) is 11.8 Å². The number of H-pyrrole nitrogens is 1. The van der Waals surface area contributed by atoms with E-state index in [9.17, 15) is 14.4 Å². The van der Waals surface area contributed by atoms with Crippen molar-refractivity contribution in [2.24, 2.45) is 5.92 Å². The van der Waals surface area contributed by atoms with Gasteiger partial charge in [0, 0.05) is 19.6 Å². The van der Waals surface area contributed by atoms with Crippen molar-refractivity contribution in [1.29, 1.82) is 0 Å². The predicted octanol–water partition coefficient (Wildman–Crippen LogP) is 2.50. The van der Waals surface area contributed by atoms with Crippen molar-refractivity contribution in [2.45, 2.75) is 38.8 Å². The van der Waals surface area contributed by atoms with Gasteiger partial charge >= 0.3 is 6.03 Å². The molecule has 2 saturated heterocycles. The molecule has 0 unspecified atom stereocenters. The Morgan fingerprint density at radius 2 is 1.87 bits per heavy atom. The van der Waals surface area contributed by atoms with E-state index in [1.807, 2.05) is 44.2 Å². The number of aromatic amines is 1. The minimum Gasteiger partial charge on any atom is -0.341 e. The summed E-state index contributed by atoms with van der Waals surface area (Å²) in [5.74, 6) is -0.0405. The number of hydrogen-bond acceptors (Lipinski definition) is 4. The monoisotopic (exact) mass is 409 g/mol. The lowest BCUT2D eigenvalue weighted by atomic mass is 9.85. The summed E-state index contributed by atoms with van der Waals surface area (Å²) in [6.07, 6.45) is 3.86. The molecule has 1 aromatic heterocycles. The smallest absolute Gasteiger partial charge is 0.327 e. The number of nitrogens with one attached hydrogen (secondary N) is 1. The van der Waals surface area contributed by atoms with Gasteiger partial charge in [-0.05, 0) is 24.3 Å². The summed E-state index contributed by atoms with van der Waals surface area (Å²) in [5, 5.41) is 0. The molecule has 8 heteroatoms. The SMILES string of the molecule is CC(C)CN1C(=O)N(Cc2ccccc2)C(=O)C12CCN(C(=O)c1cnc[nH]1)CC2. The van der Waals surface area contributed by atoms with Gasteiger partial charge in [0.1, 0.15) is 11.2 Å². The van der Waals surface area contributed by atoms with Crippen molar-refractivity contribution < 1.29 is 14.4 Å². The first-order valence-corrected chi connectivity index (χ1v) is 10.4. The summed E-state index contributed by atoms with van der Waals surface area (Å²) in [5.41, 5.74) is 0.484. The molecule has 2 aromatic rings. The van der Waals surface area contributed by atoms with Gasteiger partial charge in [0.15, 0.2) is 0 Å². The van der Waals surface area contributed by atoms with Gasteiger partial charge in [0.2, 0.25) is 0 Å². The van der Waals surface area contributed by atoms with E-state index in [2.05, 4.69) is 9.97 Å². The average Bonchev–Trinajstić information content (AvgIpc) is 3.34. The molecule has 2 fully saturated rings. The van der Waals surface area contributed by atoms with Gasteiger partial charge in [-0.15, -0.1) is 0 Å². The topological polar surface area (TPSA) is 89.6 Å². The number of nitrogens with zero attached hydrogens (tertiary/aromatic N) is 4. The summed E-state index contributed by atoms with van der Waals surface area (Å²) in [4.78, 5) is 51.1. The molecule has 8 nitrogen and oxygen atoms in total. The number of aromatic nitrogens is 2. The van der Waals surface area contributed by atoms with E-state index in [-0.39, 0.29) is 30.3 Å². The average molecular weight is 409 g/mol. The summed E-state index contributed by atoms with van der Waals surface area (Å²) < 4.78 is 0. The molecule has 0 aliphatic carbocycles. The van der Waals surface area contributed by atoms with Crippen LogP contribution in [0.5, 0.6) is 0 Å². The maximum absolute atomic E-state index is 13.5. The van der Waals surface area contributed by atoms with Crippen molar-refractivity contribution in [3.05, 3.63) is 54.1 Å². The molecule has 3 heterocycles. The standard InChI is InChI=1S/C22H27N5O3/c1-16(2)13-27-21(30)26(14-17-6-4-3-5-7-17)20(29)22(27)8-10-25(11-9-22)19(28)18-12-23-15-24-18/h3-7,12,15-16H,8-11,13-14H2,1-2H3,(H,23,24). The molecular formula is C22H27N5O3. The van der Waals surface area contributed by atoms with Crippen molar-refractivity contribution in [1.82, 2.24) is 24.7 Å². The van der Waals surface area contributed by atoms with Crippen LogP contribution in [0.15, 0.2) is 42.9 Å². The number of urea groups is 1. The molecule has 0 atom stereocenters. The third-order valence-corrected chi connectivity index (χ3v) is 5.96. The van der Waals surface area contributed by atoms with Crippen molar-refractivity contribution in [2.75, 3.05) is 19.6 Å². The number of imidazole rings is 1. The van der Waals surface area contributed by atoms with Gasteiger partial charge in [0.05, 0.1) is 19.1 Å². The Morgan fingerprint density at radius 3 is 2.47 bits per heavy atom. The third-order valence-electron chi connectivity index (χ3n) is 5.96. The minimum atomic E-state index is -0.874. The van der Waals surface area contributed by atoms with Crippen LogP contribution in [0.1, 0.15) is 42.7 Å². The number of carbonyl (C=O) groups is 3. The summed E-state index contributed by atoms with van der Waals surface area (Å²) in [6.45, 7) is 5.72. The van der Waals surface area contributed by atoms with Crippen LogP contribution >= 0.6 is 0 Å². The fourth-order valence-electron chi connectivity index (χ4n) is 4.41. The molecule has 4 rings (SSSR count). The number of hydrogen-bond donors (Lipinski definition) is 1. The first kappa shape index (κ1) is 20.1. The largest absolute Gasteiger partial charge is 0.341 e. The lowest BCUT2D eigenvalue weighted by Gasteiger charge is -2.42. The molecular weight excluding hydrogens is 382 g/mol. The van der Waals surface area contributed by atoms with Crippen LogP contribution in [0.3, 0.4) is 0 Å². The van der Waals surface area contributed by atoms with E-state index in [0.29, 0.717) is 38.2 Å². The Kier molecular flexibility index (Phi) is 5.32. The molecule has 1 aromatic carbocycles. The van der Waals surface area contributed by atoms with Gasteiger partial charge in [-0.1, -0.05) is 44.2 Å². The van der Waals surface area contributed by atoms with Crippen LogP contribution in [0.25, 0.3) is 0 Å². The number of rotatable bonds is 5. The number of piperidine rings is 1. The highest BCUT2D eigenvalue weighted by Gasteiger charge is 2.58. The van der Waals surface area contributed by atoms with E-state index in [4.69, 9.17) is 0 Å². The number of imide groups is 1. The second-order valence-electron chi connectivity index (χ2n) is 8.45. The first-order chi connectivity index (χ1) is 14.4. The first-order valence-electron chi connectivity index (χ1n) is 10.4. The molecule has 158 valence electrons. The maximum Gasteiger partial charge on any atom is 0.327 e. The number of carbonyl (C=O) groups excluding carboxylic acids is 3. The van der Waals surface area contributed by atoms with E-state index in [1.54, 1.807) is 9.80 Å². The third kappa shape index (κ3) is 3.46. The molecule has 0 radical (unpaired) electrons. The predicted molar refractivity (Wildman–Crippen MR) is 110 cm³/mol. The van der Waals surface area contributed by atoms with Crippen LogP contribution < -0.4 is 0 Å². The molecule has 2 aliphatic heterocycles. The number of likely N-dealkylation sites (tertiary alicyclic amines) is 1. The van der Waals surface area contributed by atoms with Crippen molar-refractivity contribution in [3.8, 4) is 0 Å². The molecule has 1 N–H and O–H groups in total. The maximum atomic E-state index is 13.5. The molecule has 4 amide bonds. The Hall–Kier alpha value is -3.16. The fourth-order valence-corrected chi connectivity index (χ4v) is 4.41. The highest BCUT2D eigenvalue weighted by molar-refractivity contribution is 6.07. The Bertz CT molecular complexity index is 918. The zero-order valence-corrected chi connectivity index (χ0v) is 17.4. The van der Waals surface area contributed by atoms with Gasteiger partial charge in [-0.25, -0.2) is 9.78 Å². The number of benzene rings is 1.